The molecule has 0 amide bonds. The summed E-state index contributed by atoms with van der Waals surface area (Å²) in [5, 5.41) is 10.5. The van der Waals surface area contributed by atoms with E-state index >= 15 is 0 Å². The third-order valence-electron chi connectivity index (χ3n) is 3.45. The van der Waals surface area contributed by atoms with Gasteiger partial charge in [0.1, 0.15) is 0 Å². The molecule has 0 saturated carbocycles. The van der Waals surface area contributed by atoms with Crippen molar-refractivity contribution < 1.29 is 5.11 Å². The molecule has 0 aliphatic carbocycles. The van der Waals surface area contributed by atoms with E-state index in [4.69, 9.17) is 0 Å². The van der Waals surface area contributed by atoms with E-state index in [0.717, 1.165) is 0 Å². The van der Waals surface area contributed by atoms with Gasteiger partial charge in [0.25, 0.3) is 0 Å². The van der Waals surface area contributed by atoms with Crippen LogP contribution in [0.2, 0.25) is 18.1 Å². The standard InChI is InChI=1S/C13H28OSi/c1-12(2,3)10-9-11(14)15(7,8)13(4,5)6/h9-11,14H,1-8H3/b10-9+/t11-/m0/s1. The summed E-state index contributed by atoms with van der Waals surface area (Å²) in [7, 11) is -1.64. The molecule has 0 bridgehead atoms. The fourth-order valence-corrected chi connectivity index (χ4v) is 2.53. The second kappa shape index (κ2) is 4.42. The number of hydrogen-bond donors (Lipinski definition) is 1. The second-order valence-electron chi connectivity index (χ2n) is 7.14. The molecule has 0 aromatic heterocycles. The SMILES string of the molecule is CC(C)(C)/C=C/[C@@H](O)[Si](C)(C)C(C)(C)C. The van der Waals surface area contributed by atoms with E-state index in [1.807, 2.05) is 6.08 Å². The Bertz CT molecular complexity index is 228. The van der Waals surface area contributed by atoms with Crippen LogP contribution < -0.4 is 0 Å². The van der Waals surface area contributed by atoms with Gasteiger partial charge in [-0.15, -0.1) is 0 Å². The van der Waals surface area contributed by atoms with Crippen LogP contribution in [0.3, 0.4) is 0 Å². The van der Waals surface area contributed by atoms with Gasteiger partial charge in [-0.1, -0.05) is 66.8 Å². The number of hydrogen-bond acceptors (Lipinski definition) is 1. The lowest BCUT2D eigenvalue weighted by Gasteiger charge is -2.39. The maximum atomic E-state index is 10.3. The van der Waals surface area contributed by atoms with Crippen molar-refractivity contribution in [2.45, 2.75) is 65.4 Å². The molecule has 0 aromatic carbocycles. The van der Waals surface area contributed by atoms with Crippen LogP contribution in [-0.4, -0.2) is 18.9 Å². The zero-order valence-electron chi connectivity index (χ0n) is 11.7. The molecule has 1 N–H and O–H groups in total. The summed E-state index contributed by atoms with van der Waals surface area (Å²) in [6, 6.07) is 0. The Balaban J connectivity index is 4.73. The Morgan fingerprint density at radius 3 is 1.67 bits per heavy atom. The summed E-state index contributed by atoms with van der Waals surface area (Å²) in [5.74, 6) is 0. The summed E-state index contributed by atoms with van der Waals surface area (Å²) in [6.45, 7) is 17.7. The monoisotopic (exact) mass is 228 g/mol. The van der Waals surface area contributed by atoms with Crippen LogP contribution in [0.1, 0.15) is 41.5 Å². The van der Waals surface area contributed by atoms with Gasteiger partial charge in [-0.3, -0.25) is 0 Å². The third-order valence-corrected chi connectivity index (χ3v) is 8.99. The molecule has 0 rings (SSSR count). The van der Waals surface area contributed by atoms with Crippen LogP contribution in [0.25, 0.3) is 0 Å². The predicted octanol–water partition coefficient (Wildman–Crippen LogP) is 4.00. The topological polar surface area (TPSA) is 20.2 Å². The van der Waals surface area contributed by atoms with E-state index < -0.39 is 8.07 Å². The number of aliphatic hydroxyl groups is 1. The van der Waals surface area contributed by atoms with Crippen molar-refractivity contribution in [2.75, 3.05) is 0 Å². The Morgan fingerprint density at radius 1 is 1.00 bits per heavy atom. The van der Waals surface area contributed by atoms with Crippen LogP contribution in [0, 0.1) is 5.41 Å². The molecule has 0 fully saturated rings. The molecule has 1 atom stereocenters. The summed E-state index contributed by atoms with van der Waals surface area (Å²) in [5.41, 5.74) is -0.0969. The minimum absolute atomic E-state index is 0.156. The lowest BCUT2D eigenvalue weighted by Crippen LogP contribution is -2.48. The Hall–Kier alpha value is -0.0831. The summed E-state index contributed by atoms with van der Waals surface area (Å²) in [6.07, 6.45) is 4.12. The van der Waals surface area contributed by atoms with Crippen molar-refractivity contribution in [2.24, 2.45) is 5.41 Å². The quantitative estimate of drug-likeness (QED) is 0.559. The fourth-order valence-electron chi connectivity index (χ4n) is 1.06. The van der Waals surface area contributed by atoms with Crippen molar-refractivity contribution >= 4 is 8.07 Å². The smallest absolute Gasteiger partial charge is 0.0914 e. The Kier molecular flexibility index (Phi) is 4.40. The van der Waals surface area contributed by atoms with Crippen LogP contribution in [0.4, 0.5) is 0 Å². The predicted molar refractivity (Wildman–Crippen MR) is 71.8 cm³/mol. The Morgan fingerprint density at radius 2 is 1.40 bits per heavy atom. The first-order valence-corrected chi connectivity index (χ1v) is 8.83. The van der Waals surface area contributed by atoms with Crippen LogP contribution in [0.15, 0.2) is 12.2 Å². The highest BCUT2D eigenvalue weighted by Gasteiger charge is 2.40. The first-order chi connectivity index (χ1) is 6.38. The molecule has 0 aromatic rings. The van der Waals surface area contributed by atoms with Crippen molar-refractivity contribution in [3.63, 3.8) is 0 Å². The minimum atomic E-state index is -1.64. The van der Waals surface area contributed by atoms with Crippen molar-refractivity contribution in [1.29, 1.82) is 0 Å². The van der Waals surface area contributed by atoms with E-state index in [1.54, 1.807) is 0 Å². The zero-order valence-corrected chi connectivity index (χ0v) is 12.7. The summed E-state index contributed by atoms with van der Waals surface area (Å²) >= 11 is 0. The first-order valence-electron chi connectivity index (χ1n) is 5.75. The van der Waals surface area contributed by atoms with Crippen molar-refractivity contribution in [3.05, 3.63) is 12.2 Å². The molecule has 15 heavy (non-hydrogen) atoms. The van der Waals surface area contributed by atoms with E-state index in [9.17, 15) is 5.11 Å². The number of aliphatic hydroxyl groups excluding tert-OH is 1. The molecule has 0 spiro atoms. The second-order valence-corrected chi connectivity index (χ2v) is 12.7. The molecular formula is C13H28OSi. The average Bonchev–Trinajstić information content (AvgIpc) is 1.96. The molecule has 0 unspecified atom stereocenters. The van der Waals surface area contributed by atoms with Crippen molar-refractivity contribution in [3.8, 4) is 0 Å². The Labute approximate surface area is 96.6 Å². The molecular weight excluding hydrogens is 200 g/mol. The van der Waals surface area contributed by atoms with Crippen molar-refractivity contribution in [1.82, 2.24) is 0 Å². The number of allylic oxidation sites excluding steroid dienone is 1. The fraction of sp³-hybridized carbons (Fsp3) is 0.846. The lowest BCUT2D eigenvalue weighted by molar-refractivity contribution is 0.282. The van der Waals surface area contributed by atoms with Gasteiger partial charge < -0.3 is 5.11 Å². The molecule has 1 nitrogen and oxygen atoms in total. The highest BCUT2D eigenvalue weighted by molar-refractivity contribution is 6.81. The van der Waals surface area contributed by atoms with E-state index in [0.29, 0.717) is 0 Å². The maximum Gasteiger partial charge on any atom is 0.0914 e. The van der Waals surface area contributed by atoms with Gasteiger partial charge >= 0.3 is 0 Å². The van der Waals surface area contributed by atoms with Crippen LogP contribution >= 0.6 is 0 Å². The largest absolute Gasteiger partial charge is 0.393 e. The average molecular weight is 228 g/mol. The van der Waals surface area contributed by atoms with Crippen LogP contribution in [-0.2, 0) is 0 Å². The molecule has 2 heteroatoms. The number of rotatable bonds is 2. The van der Waals surface area contributed by atoms with Gasteiger partial charge in [0, 0.05) is 0 Å². The molecule has 0 aliphatic heterocycles. The molecule has 0 saturated heterocycles. The summed E-state index contributed by atoms with van der Waals surface area (Å²) < 4.78 is 0. The normalized spacial score (nSPS) is 17.1. The summed E-state index contributed by atoms with van der Waals surface area (Å²) in [4.78, 5) is 0. The minimum Gasteiger partial charge on any atom is -0.393 e. The molecule has 90 valence electrons. The van der Waals surface area contributed by atoms with Crippen LogP contribution in [0.5, 0.6) is 0 Å². The molecule has 0 radical (unpaired) electrons. The lowest BCUT2D eigenvalue weighted by atomic mass is 9.96. The van der Waals surface area contributed by atoms with E-state index in [2.05, 4.69) is 60.7 Å². The first kappa shape index (κ1) is 14.9. The van der Waals surface area contributed by atoms with E-state index in [1.165, 1.54) is 0 Å². The van der Waals surface area contributed by atoms with Gasteiger partial charge in [-0.05, 0) is 10.5 Å². The van der Waals surface area contributed by atoms with E-state index in [-0.39, 0.29) is 16.2 Å². The highest BCUT2D eigenvalue weighted by Crippen LogP contribution is 2.38. The van der Waals surface area contributed by atoms with Gasteiger partial charge in [0.15, 0.2) is 0 Å². The van der Waals surface area contributed by atoms with Gasteiger partial charge in [-0.25, -0.2) is 0 Å². The maximum absolute atomic E-state index is 10.3. The van der Waals surface area contributed by atoms with Gasteiger partial charge in [0.2, 0.25) is 0 Å². The molecule has 0 heterocycles. The van der Waals surface area contributed by atoms with Gasteiger partial charge in [0.05, 0.1) is 13.8 Å². The molecule has 0 aliphatic rings. The highest BCUT2D eigenvalue weighted by atomic mass is 28.3. The zero-order chi connectivity index (χ0) is 12.5. The van der Waals surface area contributed by atoms with Gasteiger partial charge in [-0.2, -0.15) is 0 Å². The third kappa shape index (κ3) is 4.52.